The summed E-state index contributed by atoms with van der Waals surface area (Å²) in [6.45, 7) is 11.0. The van der Waals surface area contributed by atoms with E-state index in [4.69, 9.17) is 14.2 Å². The second-order valence-corrected chi connectivity index (χ2v) is 15.5. The van der Waals surface area contributed by atoms with E-state index in [0.717, 1.165) is 37.7 Å². The number of hydrogen-bond donors (Lipinski definition) is 6. The Kier molecular flexibility index (Phi) is 10.2. The summed E-state index contributed by atoms with van der Waals surface area (Å²) in [4.78, 5) is 0. The van der Waals surface area contributed by atoms with Crippen molar-refractivity contribution in [1.82, 2.24) is 0 Å². The first-order chi connectivity index (χ1) is 20.7. The summed E-state index contributed by atoms with van der Waals surface area (Å²) in [7, 11) is 1.40. The van der Waals surface area contributed by atoms with Gasteiger partial charge in [-0.05, 0) is 90.4 Å². The third-order valence-electron chi connectivity index (χ3n) is 13.0. The van der Waals surface area contributed by atoms with E-state index in [1.807, 2.05) is 0 Å². The zero-order valence-electron chi connectivity index (χ0n) is 27.5. The summed E-state index contributed by atoms with van der Waals surface area (Å²) in [5.41, 5.74) is -0.175. The van der Waals surface area contributed by atoms with Gasteiger partial charge in [0.25, 0.3) is 0 Å². The third kappa shape index (κ3) is 5.77. The molecule has 3 saturated carbocycles. The van der Waals surface area contributed by atoms with Crippen LogP contribution < -0.4 is 0 Å². The summed E-state index contributed by atoms with van der Waals surface area (Å²) < 4.78 is 16.8. The van der Waals surface area contributed by atoms with Gasteiger partial charge in [-0.15, -0.1) is 0 Å². The van der Waals surface area contributed by atoms with Crippen LogP contribution in [0.5, 0.6) is 0 Å². The Morgan fingerprint density at radius 2 is 1.77 bits per heavy atom. The highest BCUT2D eigenvalue weighted by molar-refractivity contribution is 5.37. The van der Waals surface area contributed by atoms with Gasteiger partial charge in [-0.3, -0.25) is 0 Å². The molecule has 1 heterocycles. The Hall–Kier alpha value is -0.880. The normalized spacial score (nSPS) is 49.5. The molecular weight excluding hydrogens is 564 g/mol. The van der Waals surface area contributed by atoms with Crippen molar-refractivity contribution in [2.75, 3.05) is 20.3 Å². The first kappa shape index (κ1) is 34.5. The maximum absolute atomic E-state index is 12.4. The van der Waals surface area contributed by atoms with E-state index >= 15 is 0 Å². The summed E-state index contributed by atoms with van der Waals surface area (Å²) in [5, 5.41) is 64.5. The molecule has 1 saturated heterocycles. The van der Waals surface area contributed by atoms with Crippen LogP contribution in [-0.4, -0.2) is 99.5 Å². The monoisotopic (exact) mass is 622 g/mol. The minimum atomic E-state index is -1.17. The zero-order valence-corrected chi connectivity index (χ0v) is 27.5. The fourth-order valence-electron chi connectivity index (χ4n) is 10.1. The number of aliphatic hydroxyl groups excluding tert-OH is 5. The van der Waals surface area contributed by atoms with Gasteiger partial charge in [0.2, 0.25) is 0 Å². The minimum absolute atomic E-state index is 0.0324. The van der Waals surface area contributed by atoms with Gasteiger partial charge in [-0.1, -0.05) is 52.8 Å². The minimum Gasteiger partial charge on any atom is -0.394 e. The van der Waals surface area contributed by atoms with Crippen molar-refractivity contribution in [2.24, 2.45) is 46.3 Å². The molecule has 0 amide bonds. The summed E-state index contributed by atoms with van der Waals surface area (Å²) in [5.74, 6) is 1.07. The SMILES string of the molecule is CO[C@@H]1[C@@H](O)[C@H](OCC(C)C(C)/C=C/[C@@H](C)[C@H]2CC=C3[C@]2(C)CC[C@@H]2[C@@]4(C)CC[C@H](O)C[C@@H]4[C@@H](O)C[C@@]32O)O[C@H](CO)[C@H]1O. The molecule has 2 unspecified atom stereocenters. The lowest BCUT2D eigenvalue weighted by molar-refractivity contribution is -0.306. The number of methoxy groups -OCH3 is 1. The van der Waals surface area contributed by atoms with Gasteiger partial charge < -0.3 is 44.8 Å². The highest BCUT2D eigenvalue weighted by Gasteiger charge is 2.66. The standard InChI is InChI=1S/C35H58O9/c1-19(21(3)18-43-32-30(40)31(42-6)29(39)26(17-36)44-32)7-8-20(2)23-9-10-27-33(23,4)14-12-28-34(5)13-11-22(37)15-24(34)25(38)16-35(27,28)41/h7-8,10,19-26,28-32,36-41H,9,11-18H2,1-6H3/b8-7+/t19?,20-,21?,22+,23-,24-,25+,26-,28-,29-,30-,31+,32-,33-,34+,35-/m1/s1. The molecule has 5 rings (SSSR count). The molecule has 4 aliphatic carbocycles. The van der Waals surface area contributed by atoms with Crippen molar-refractivity contribution >= 4 is 0 Å². The van der Waals surface area contributed by atoms with E-state index in [1.165, 1.54) is 7.11 Å². The van der Waals surface area contributed by atoms with Crippen molar-refractivity contribution < 1.29 is 44.8 Å². The lowest BCUT2D eigenvalue weighted by Crippen LogP contribution is -2.65. The average molecular weight is 623 g/mol. The molecular formula is C35H58O9. The maximum atomic E-state index is 12.4. The molecule has 4 fully saturated rings. The molecule has 0 bridgehead atoms. The topological polar surface area (TPSA) is 149 Å². The van der Waals surface area contributed by atoms with Crippen LogP contribution in [0.25, 0.3) is 0 Å². The quantitative estimate of drug-likeness (QED) is 0.214. The lowest BCUT2D eigenvalue weighted by atomic mass is 9.43. The van der Waals surface area contributed by atoms with Crippen LogP contribution in [0, 0.1) is 46.3 Å². The molecule has 0 aromatic rings. The molecule has 0 aromatic carbocycles. The van der Waals surface area contributed by atoms with Crippen molar-refractivity contribution in [1.29, 1.82) is 0 Å². The van der Waals surface area contributed by atoms with Gasteiger partial charge >= 0.3 is 0 Å². The Morgan fingerprint density at radius 3 is 2.45 bits per heavy atom. The summed E-state index contributed by atoms with van der Waals surface area (Å²) >= 11 is 0. The van der Waals surface area contributed by atoms with Crippen molar-refractivity contribution in [3.63, 3.8) is 0 Å². The van der Waals surface area contributed by atoms with Crippen LogP contribution in [-0.2, 0) is 14.2 Å². The van der Waals surface area contributed by atoms with Crippen LogP contribution in [0.1, 0.15) is 79.6 Å². The number of aliphatic hydroxyl groups is 6. The summed E-state index contributed by atoms with van der Waals surface area (Å²) in [6, 6.07) is 0. The van der Waals surface area contributed by atoms with E-state index in [2.05, 4.69) is 52.8 Å². The first-order valence-corrected chi connectivity index (χ1v) is 17.0. The number of rotatable bonds is 9. The predicted molar refractivity (Wildman–Crippen MR) is 165 cm³/mol. The smallest absolute Gasteiger partial charge is 0.186 e. The highest BCUT2D eigenvalue weighted by atomic mass is 16.7. The van der Waals surface area contributed by atoms with E-state index < -0.39 is 49.0 Å². The fraction of sp³-hybridized carbons (Fsp3) is 0.886. The third-order valence-corrected chi connectivity index (χ3v) is 13.0. The number of allylic oxidation sites excluding steroid dienone is 3. The van der Waals surface area contributed by atoms with Gasteiger partial charge in [-0.25, -0.2) is 0 Å². The first-order valence-electron chi connectivity index (χ1n) is 17.0. The molecule has 9 nitrogen and oxygen atoms in total. The Labute approximate surface area is 263 Å². The Bertz CT molecular complexity index is 1060. The molecule has 252 valence electrons. The molecule has 1 aliphatic heterocycles. The molecule has 44 heavy (non-hydrogen) atoms. The molecule has 9 heteroatoms. The Morgan fingerprint density at radius 1 is 1.05 bits per heavy atom. The van der Waals surface area contributed by atoms with Crippen molar-refractivity contribution in [2.45, 2.75) is 128 Å². The molecule has 16 atom stereocenters. The molecule has 5 aliphatic rings. The second kappa shape index (κ2) is 13.0. The van der Waals surface area contributed by atoms with Crippen molar-refractivity contribution in [3.8, 4) is 0 Å². The maximum Gasteiger partial charge on any atom is 0.186 e. The molecule has 0 radical (unpaired) electrons. The fourth-order valence-corrected chi connectivity index (χ4v) is 10.1. The number of hydrogen-bond acceptors (Lipinski definition) is 9. The van der Waals surface area contributed by atoms with Gasteiger partial charge in [0.1, 0.15) is 24.4 Å². The van der Waals surface area contributed by atoms with Gasteiger partial charge in [0, 0.05) is 13.5 Å². The van der Waals surface area contributed by atoms with Crippen LogP contribution in [0.3, 0.4) is 0 Å². The van der Waals surface area contributed by atoms with E-state index in [1.54, 1.807) is 0 Å². The largest absolute Gasteiger partial charge is 0.394 e. The Balaban J connectivity index is 1.21. The van der Waals surface area contributed by atoms with Gasteiger partial charge in [0.05, 0.1) is 31.0 Å². The van der Waals surface area contributed by atoms with Gasteiger partial charge in [-0.2, -0.15) is 0 Å². The van der Waals surface area contributed by atoms with Crippen LogP contribution in [0.2, 0.25) is 0 Å². The number of ether oxygens (including phenoxy) is 3. The van der Waals surface area contributed by atoms with Crippen LogP contribution >= 0.6 is 0 Å². The molecule has 6 N–H and O–H groups in total. The predicted octanol–water partition coefficient (Wildman–Crippen LogP) is 2.95. The van der Waals surface area contributed by atoms with Crippen LogP contribution in [0.4, 0.5) is 0 Å². The van der Waals surface area contributed by atoms with Crippen molar-refractivity contribution in [3.05, 3.63) is 23.8 Å². The summed E-state index contributed by atoms with van der Waals surface area (Å²) in [6.07, 6.45) is 6.17. The van der Waals surface area contributed by atoms with E-state index in [9.17, 15) is 30.6 Å². The lowest BCUT2D eigenvalue weighted by Gasteiger charge is -2.64. The molecule has 0 spiro atoms. The zero-order chi connectivity index (χ0) is 32.2. The number of fused-ring (bicyclic) bond motifs is 5. The van der Waals surface area contributed by atoms with E-state index in [-0.39, 0.29) is 46.5 Å². The van der Waals surface area contributed by atoms with E-state index in [0.29, 0.717) is 25.4 Å². The molecule has 0 aromatic heterocycles. The average Bonchev–Trinajstić information content (AvgIpc) is 3.34. The van der Waals surface area contributed by atoms with Crippen LogP contribution in [0.15, 0.2) is 23.8 Å². The van der Waals surface area contributed by atoms with Gasteiger partial charge in [0.15, 0.2) is 6.29 Å². The highest BCUT2D eigenvalue weighted by Crippen LogP contribution is 2.68. The second-order valence-electron chi connectivity index (χ2n) is 15.5.